The second kappa shape index (κ2) is 4.34. The van der Waals surface area contributed by atoms with Gasteiger partial charge in [-0.25, -0.2) is 4.99 Å². The molecule has 0 saturated carbocycles. The minimum atomic E-state index is 0.529. The molecule has 0 heterocycles. The fourth-order valence-corrected chi connectivity index (χ4v) is 0.804. The van der Waals surface area contributed by atoms with Crippen LogP contribution in [0.1, 0.15) is 0 Å². The summed E-state index contributed by atoms with van der Waals surface area (Å²) < 4.78 is 4.94. The molecule has 0 saturated heterocycles. The largest absolute Gasteiger partial charge is 0.481 e. The van der Waals surface area contributed by atoms with Gasteiger partial charge in [-0.05, 0) is 18.2 Å². The predicted octanol–water partition coefficient (Wildman–Crippen LogP) is 2.55. The molecule has 2 nitrogen and oxygen atoms in total. The van der Waals surface area contributed by atoms with Crippen LogP contribution in [-0.4, -0.2) is 13.0 Å². The summed E-state index contributed by atoms with van der Waals surface area (Å²) in [5.41, 5.74) is 0.870. The standard InChI is InChI=1S/C10H11NO/c1-3-10(12-2)11-9-7-5-4-6-8-9/h3-8H,1H2,2H3. The summed E-state index contributed by atoms with van der Waals surface area (Å²) in [7, 11) is 1.57. The highest BCUT2D eigenvalue weighted by Crippen LogP contribution is 2.10. The van der Waals surface area contributed by atoms with Crippen molar-refractivity contribution < 1.29 is 4.74 Å². The van der Waals surface area contributed by atoms with Gasteiger partial charge >= 0.3 is 0 Å². The van der Waals surface area contributed by atoms with E-state index in [1.165, 1.54) is 0 Å². The summed E-state index contributed by atoms with van der Waals surface area (Å²) in [4.78, 5) is 4.17. The number of para-hydroxylation sites is 1. The maximum atomic E-state index is 4.94. The maximum absolute atomic E-state index is 4.94. The average Bonchev–Trinajstić information content (AvgIpc) is 2.16. The molecule has 0 aliphatic rings. The molecule has 2 heteroatoms. The fraction of sp³-hybridized carbons (Fsp3) is 0.100. The molecule has 0 aliphatic heterocycles. The molecule has 1 aromatic rings. The first-order valence-corrected chi connectivity index (χ1v) is 3.67. The monoisotopic (exact) mass is 161 g/mol. The van der Waals surface area contributed by atoms with Crippen LogP contribution in [0.15, 0.2) is 48.0 Å². The van der Waals surface area contributed by atoms with Crippen LogP contribution in [0.25, 0.3) is 0 Å². The molecule has 0 unspecified atom stereocenters. The molecule has 0 amide bonds. The normalized spacial score (nSPS) is 10.9. The lowest BCUT2D eigenvalue weighted by Gasteiger charge is -1.97. The van der Waals surface area contributed by atoms with Crippen molar-refractivity contribution in [2.75, 3.05) is 7.11 Å². The third-order valence-electron chi connectivity index (χ3n) is 1.38. The second-order valence-corrected chi connectivity index (χ2v) is 2.19. The zero-order valence-electron chi connectivity index (χ0n) is 7.03. The average molecular weight is 161 g/mol. The fourth-order valence-electron chi connectivity index (χ4n) is 0.804. The first kappa shape index (κ1) is 8.53. The van der Waals surface area contributed by atoms with Crippen molar-refractivity contribution in [2.45, 2.75) is 0 Å². The van der Waals surface area contributed by atoms with Crippen molar-refractivity contribution >= 4 is 11.6 Å². The number of methoxy groups -OCH3 is 1. The van der Waals surface area contributed by atoms with Crippen molar-refractivity contribution in [3.63, 3.8) is 0 Å². The molecule has 1 rings (SSSR count). The van der Waals surface area contributed by atoms with Gasteiger partial charge < -0.3 is 4.74 Å². The number of aliphatic imine (C=N–C) groups is 1. The van der Waals surface area contributed by atoms with Crippen LogP contribution in [-0.2, 0) is 4.74 Å². The molecular weight excluding hydrogens is 150 g/mol. The Morgan fingerprint density at radius 2 is 2.08 bits per heavy atom. The third-order valence-corrected chi connectivity index (χ3v) is 1.38. The Labute approximate surface area is 72.2 Å². The van der Waals surface area contributed by atoms with Gasteiger partial charge in [0.15, 0.2) is 0 Å². The van der Waals surface area contributed by atoms with Crippen LogP contribution in [0.3, 0.4) is 0 Å². The van der Waals surface area contributed by atoms with Crippen LogP contribution < -0.4 is 0 Å². The van der Waals surface area contributed by atoms with Gasteiger partial charge in [0, 0.05) is 0 Å². The van der Waals surface area contributed by atoms with E-state index in [1.807, 2.05) is 30.3 Å². The molecule has 62 valence electrons. The van der Waals surface area contributed by atoms with E-state index in [1.54, 1.807) is 13.2 Å². The van der Waals surface area contributed by atoms with Crippen LogP contribution in [0.2, 0.25) is 0 Å². The zero-order chi connectivity index (χ0) is 8.81. The lowest BCUT2D eigenvalue weighted by atomic mass is 10.3. The van der Waals surface area contributed by atoms with Gasteiger partial charge in [0.2, 0.25) is 5.90 Å². The molecule has 0 N–H and O–H groups in total. The van der Waals surface area contributed by atoms with Crippen LogP contribution in [0.5, 0.6) is 0 Å². The van der Waals surface area contributed by atoms with E-state index < -0.39 is 0 Å². The SMILES string of the molecule is C=CC(=Nc1ccccc1)OC. The summed E-state index contributed by atoms with van der Waals surface area (Å²) in [5, 5.41) is 0. The number of ether oxygens (including phenoxy) is 1. The van der Waals surface area contributed by atoms with E-state index in [-0.39, 0.29) is 0 Å². The van der Waals surface area contributed by atoms with E-state index in [9.17, 15) is 0 Å². The lowest BCUT2D eigenvalue weighted by molar-refractivity contribution is 0.407. The number of rotatable bonds is 2. The maximum Gasteiger partial charge on any atom is 0.212 e. The highest BCUT2D eigenvalue weighted by molar-refractivity contribution is 5.89. The van der Waals surface area contributed by atoms with Gasteiger partial charge in [-0.15, -0.1) is 0 Å². The minimum Gasteiger partial charge on any atom is -0.481 e. The van der Waals surface area contributed by atoms with Gasteiger partial charge in [0.05, 0.1) is 12.8 Å². The summed E-state index contributed by atoms with van der Waals surface area (Å²) in [6.45, 7) is 3.57. The van der Waals surface area contributed by atoms with Gasteiger partial charge in [0.25, 0.3) is 0 Å². The Hall–Kier alpha value is -1.57. The van der Waals surface area contributed by atoms with Crippen LogP contribution >= 0.6 is 0 Å². The predicted molar refractivity (Wildman–Crippen MR) is 50.7 cm³/mol. The van der Waals surface area contributed by atoms with Crippen LogP contribution in [0, 0.1) is 0 Å². The Bertz CT molecular complexity index is 277. The Kier molecular flexibility index (Phi) is 3.08. The molecule has 0 spiro atoms. The Balaban J connectivity index is 2.86. The van der Waals surface area contributed by atoms with Crippen LogP contribution in [0.4, 0.5) is 5.69 Å². The summed E-state index contributed by atoms with van der Waals surface area (Å²) in [6, 6.07) is 9.61. The number of nitrogens with zero attached hydrogens (tertiary/aromatic N) is 1. The number of hydrogen-bond acceptors (Lipinski definition) is 2. The highest BCUT2D eigenvalue weighted by Gasteiger charge is 1.90. The third kappa shape index (κ3) is 2.23. The van der Waals surface area contributed by atoms with Crippen molar-refractivity contribution in [1.82, 2.24) is 0 Å². The van der Waals surface area contributed by atoms with Crippen molar-refractivity contribution in [2.24, 2.45) is 4.99 Å². The molecule has 0 atom stereocenters. The van der Waals surface area contributed by atoms with Gasteiger partial charge in [0.1, 0.15) is 0 Å². The van der Waals surface area contributed by atoms with Crippen molar-refractivity contribution in [1.29, 1.82) is 0 Å². The van der Waals surface area contributed by atoms with E-state index in [4.69, 9.17) is 4.74 Å². The molecule has 1 aromatic carbocycles. The van der Waals surface area contributed by atoms with Gasteiger partial charge in [-0.3, -0.25) is 0 Å². The molecule has 0 aromatic heterocycles. The molecular formula is C10H11NO. The summed E-state index contributed by atoms with van der Waals surface area (Å²) in [5.74, 6) is 0.529. The van der Waals surface area contributed by atoms with Crippen molar-refractivity contribution in [3.05, 3.63) is 43.0 Å². The van der Waals surface area contributed by atoms with Crippen molar-refractivity contribution in [3.8, 4) is 0 Å². The quantitative estimate of drug-likeness (QED) is 0.482. The molecule has 0 fully saturated rings. The smallest absolute Gasteiger partial charge is 0.212 e. The molecule has 0 bridgehead atoms. The molecule has 0 radical (unpaired) electrons. The van der Waals surface area contributed by atoms with E-state index in [0.29, 0.717) is 5.90 Å². The first-order chi connectivity index (χ1) is 5.86. The minimum absolute atomic E-state index is 0.529. The highest BCUT2D eigenvalue weighted by atomic mass is 16.5. The molecule has 12 heavy (non-hydrogen) atoms. The van der Waals surface area contributed by atoms with Gasteiger partial charge in [-0.1, -0.05) is 24.8 Å². The topological polar surface area (TPSA) is 21.6 Å². The van der Waals surface area contributed by atoms with Gasteiger partial charge in [-0.2, -0.15) is 0 Å². The lowest BCUT2D eigenvalue weighted by Crippen LogP contribution is -1.93. The second-order valence-electron chi connectivity index (χ2n) is 2.19. The Morgan fingerprint density at radius 1 is 1.42 bits per heavy atom. The van der Waals surface area contributed by atoms with E-state index in [2.05, 4.69) is 11.6 Å². The van der Waals surface area contributed by atoms with E-state index in [0.717, 1.165) is 5.69 Å². The first-order valence-electron chi connectivity index (χ1n) is 3.67. The summed E-state index contributed by atoms with van der Waals surface area (Å²) >= 11 is 0. The van der Waals surface area contributed by atoms with E-state index >= 15 is 0 Å². The number of hydrogen-bond donors (Lipinski definition) is 0. The molecule has 0 aliphatic carbocycles. The Morgan fingerprint density at radius 3 is 2.58 bits per heavy atom. The zero-order valence-corrected chi connectivity index (χ0v) is 7.03. The number of benzene rings is 1. The summed E-state index contributed by atoms with van der Waals surface area (Å²) in [6.07, 6.45) is 1.58.